The van der Waals surface area contributed by atoms with Crippen LogP contribution in [0.4, 0.5) is 5.69 Å². The number of nitrogens with zero attached hydrogens (tertiary/aromatic N) is 2. The number of carbonyl (C=O) groups is 1. The Morgan fingerprint density at radius 1 is 0.714 bits per heavy atom. The molecule has 0 aliphatic rings. The molecule has 3 nitrogen and oxygen atoms in total. The molecule has 0 radical (unpaired) electrons. The minimum atomic E-state index is 0.166. The number of carbonyl (C=O) groups excluding carboxylic acids is 1. The molecule has 0 fully saturated rings. The van der Waals surface area contributed by atoms with E-state index in [1.54, 1.807) is 0 Å². The summed E-state index contributed by atoms with van der Waals surface area (Å²) in [6.45, 7) is 1.34. The Bertz CT molecular complexity index is 858. The molecule has 0 saturated carbocycles. The van der Waals surface area contributed by atoms with Crippen molar-refractivity contribution in [2.75, 3.05) is 25.5 Å². The van der Waals surface area contributed by atoms with Crippen LogP contribution in [0.3, 0.4) is 0 Å². The Kier molecular flexibility index (Phi) is 6.85. The van der Waals surface area contributed by atoms with E-state index < -0.39 is 0 Å². The molecular formula is C25H28N2O. The van der Waals surface area contributed by atoms with Gasteiger partial charge in [-0.2, -0.15) is 0 Å². The average Bonchev–Trinajstić information content (AvgIpc) is 2.73. The summed E-state index contributed by atoms with van der Waals surface area (Å²) in [5, 5.41) is 0. The molecule has 0 aromatic heterocycles. The smallest absolute Gasteiger partial charge is 0.227 e. The summed E-state index contributed by atoms with van der Waals surface area (Å²) in [4.78, 5) is 17.1. The number of hydrogen-bond acceptors (Lipinski definition) is 2. The molecule has 0 bridgehead atoms. The molecule has 3 rings (SSSR count). The van der Waals surface area contributed by atoms with Gasteiger partial charge >= 0.3 is 0 Å². The highest BCUT2D eigenvalue weighted by Gasteiger charge is 2.15. The van der Waals surface area contributed by atoms with Gasteiger partial charge in [-0.15, -0.1) is 0 Å². The summed E-state index contributed by atoms with van der Waals surface area (Å²) in [6, 6.07) is 28.8. The molecule has 28 heavy (non-hydrogen) atoms. The number of anilines is 1. The zero-order valence-electron chi connectivity index (χ0n) is 16.7. The van der Waals surface area contributed by atoms with Crippen LogP contribution in [-0.2, 0) is 24.2 Å². The summed E-state index contributed by atoms with van der Waals surface area (Å²) in [5.41, 5.74) is 4.62. The van der Waals surface area contributed by atoms with E-state index in [0.29, 0.717) is 19.5 Å². The van der Waals surface area contributed by atoms with Crippen LogP contribution in [0.2, 0.25) is 0 Å². The summed E-state index contributed by atoms with van der Waals surface area (Å²) >= 11 is 0. The van der Waals surface area contributed by atoms with Crippen molar-refractivity contribution in [2.45, 2.75) is 19.4 Å². The molecule has 0 N–H and O–H groups in total. The molecule has 0 aliphatic heterocycles. The molecule has 144 valence electrons. The lowest BCUT2D eigenvalue weighted by Gasteiger charge is -2.24. The number of rotatable bonds is 8. The normalized spacial score (nSPS) is 10.5. The molecule has 1 amide bonds. The highest BCUT2D eigenvalue weighted by Crippen LogP contribution is 2.15. The van der Waals surface area contributed by atoms with E-state index in [1.807, 2.05) is 67.5 Å². The minimum absolute atomic E-state index is 0.166. The van der Waals surface area contributed by atoms with Crippen LogP contribution in [0.1, 0.15) is 16.7 Å². The highest BCUT2D eigenvalue weighted by atomic mass is 16.2. The van der Waals surface area contributed by atoms with Crippen LogP contribution >= 0.6 is 0 Å². The van der Waals surface area contributed by atoms with Gasteiger partial charge in [0.1, 0.15) is 0 Å². The molecule has 0 unspecified atom stereocenters. The Balaban J connectivity index is 1.71. The van der Waals surface area contributed by atoms with E-state index in [9.17, 15) is 4.79 Å². The maximum Gasteiger partial charge on any atom is 0.227 e. The monoisotopic (exact) mass is 372 g/mol. The first-order valence-electron chi connectivity index (χ1n) is 9.74. The van der Waals surface area contributed by atoms with Gasteiger partial charge in [0, 0.05) is 32.9 Å². The maximum atomic E-state index is 13.0. The van der Waals surface area contributed by atoms with Crippen molar-refractivity contribution in [3.8, 4) is 0 Å². The molecule has 0 saturated heterocycles. The number of benzene rings is 3. The summed E-state index contributed by atoms with van der Waals surface area (Å²) < 4.78 is 0. The Morgan fingerprint density at radius 3 is 1.86 bits per heavy atom. The number of amides is 1. The third-order valence-corrected chi connectivity index (χ3v) is 4.89. The second-order valence-corrected chi connectivity index (χ2v) is 7.27. The largest absolute Gasteiger partial charge is 0.378 e. The van der Waals surface area contributed by atoms with Crippen molar-refractivity contribution in [2.24, 2.45) is 0 Å². The zero-order chi connectivity index (χ0) is 19.8. The SMILES string of the molecule is CN(C)c1ccc(CN(CCc2ccccc2)C(=O)Cc2ccccc2)cc1. The van der Waals surface area contributed by atoms with Gasteiger partial charge < -0.3 is 9.80 Å². The molecular weight excluding hydrogens is 344 g/mol. The van der Waals surface area contributed by atoms with Gasteiger partial charge in [-0.25, -0.2) is 0 Å². The first-order chi connectivity index (χ1) is 13.6. The fourth-order valence-corrected chi connectivity index (χ4v) is 3.20. The quantitative estimate of drug-likeness (QED) is 0.578. The van der Waals surface area contributed by atoms with Crippen molar-refractivity contribution in [3.05, 3.63) is 102 Å². The van der Waals surface area contributed by atoms with Gasteiger partial charge in [-0.1, -0.05) is 72.8 Å². The predicted octanol–water partition coefficient (Wildman–Crippen LogP) is 4.57. The Hall–Kier alpha value is -3.07. The maximum absolute atomic E-state index is 13.0. The van der Waals surface area contributed by atoms with Crippen molar-refractivity contribution in [3.63, 3.8) is 0 Å². The molecule has 3 aromatic rings. The van der Waals surface area contributed by atoms with Gasteiger partial charge in [0.25, 0.3) is 0 Å². The van der Waals surface area contributed by atoms with Crippen LogP contribution < -0.4 is 4.90 Å². The van der Waals surface area contributed by atoms with Gasteiger partial charge in [0.15, 0.2) is 0 Å². The molecule has 0 heterocycles. The van der Waals surface area contributed by atoms with Crippen LogP contribution in [-0.4, -0.2) is 31.4 Å². The lowest BCUT2D eigenvalue weighted by Crippen LogP contribution is -2.33. The summed E-state index contributed by atoms with van der Waals surface area (Å²) in [7, 11) is 4.06. The zero-order valence-corrected chi connectivity index (χ0v) is 16.7. The number of hydrogen-bond donors (Lipinski definition) is 0. The van der Waals surface area contributed by atoms with Crippen LogP contribution in [0.5, 0.6) is 0 Å². The Labute approximate surface area is 168 Å². The van der Waals surface area contributed by atoms with Crippen LogP contribution in [0, 0.1) is 0 Å². The van der Waals surface area contributed by atoms with Crippen molar-refractivity contribution < 1.29 is 4.79 Å². The highest BCUT2D eigenvalue weighted by molar-refractivity contribution is 5.78. The lowest BCUT2D eigenvalue weighted by molar-refractivity contribution is -0.131. The van der Waals surface area contributed by atoms with Gasteiger partial charge in [0.2, 0.25) is 5.91 Å². The van der Waals surface area contributed by atoms with Crippen LogP contribution in [0.15, 0.2) is 84.9 Å². The summed E-state index contributed by atoms with van der Waals surface area (Å²) in [6.07, 6.45) is 1.29. The predicted molar refractivity (Wildman–Crippen MR) is 116 cm³/mol. The van der Waals surface area contributed by atoms with E-state index in [0.717, 1.165) is 23.2 Å². The van der Waals surface area contributed by atoms with E-state index in [-0.39, 0.29) is 5.91 Å². The molecule has 0 atom stereocenters. The fraction of sp³-hybridized carbons (Fsp3) is 0.240. The second-order valence-electron chi connectivity index (χ2n) is 7.27. The Morgan fingerprint density at radius 2 is 1.29 bits per heavy atom. The minimum Gasteiger partial charge on any atom is -0.378 e. The molecule has 0 aliphatic carbocycles. The first kappa shape index (κ1) is 19.7. The molecule has 3 heteroatoms. The molecule has 0 spiro atoms. The lowest BCUT2D eigenvalue weighted by atomic mass is 10.1. The first-order valence-corrected chi connectivity index (χ1v) is 9.74. The van der Waals surface area contributed by atoms with E-state index >= 15 is 0 Å². The van der Waals surface area contributed by atoms with E-state index in [2.05, 4.69) is 41.3 Å². The van der Waals surface area contributed by atoms with Gasteiger partial charge in [0.05, 0.1) is 6.42 Å². The topological polar surface area (TPSA) is 23.6 Å². The van der Waals surface area contributed by atoms with Gasteiger partial charge in [-0.05, 0) is 35.2 Å². The van der Waals surface area contributed by atoms with E-state index in [1.165, 1.54) is 5.56 Å². The van der Waals surface area contributed by atoms with Gasteiger partial charge in [-0.3, -0.25) is 4.79 Å². The molecule has 3 aromatic carbocycles. The third kappa shape index (κ3) is 5.71. The third-order valence-electron chi connectivity index (χ3n) is 4.89. The summed E-state index contributed by atoms with van der Waals surface area (Å²) in [5.74, 6) is 0.166. The van der Waals surface area contributed by atoms with Crippen molar-refractivity contribution >= 4 is 11.6 Å². The van der Waals surface area contributed by atoms with Crippen LogP contribution in [0.25, 0.3) is 0 Å². The van der Waals surface area contributed by atoms with Crippen molar-refractivity contribution in [1.29, 1.82) is 0 Å². The fourth-order valence-electron chi connectivity index (χ4n) is 3.20. The second kappa shape index (κ2) is 9.75. The average molecular weight is 373 g/mol. The van der Waals surface area contributed by atoms with Crippen molar-refractivity contribution in [1.82, 2.24) is 4.90 Å². The standard InChI is InChI=1S/C25H28N2O/c1-26(2)24-15-13-23(14-16-24)20-27(18-17-21-9-5-3-6-10-21)25(28)19-22-11-7-4-8-12-22/h3-16H,17-20H2,1-2H3. The van der Waals surface area contributed by atoms with E-state index in [4.69, 9.17) is 0 Å².